The van der Waals surface area contributed by atoms with Crippen LogP contribution in [0.25, 0.3) is 11.3 Å². The van der Waals surface area contributed by atoms with Gasteiger partial charge in [0.2, 0.25) is 17.8 Å². The van der Waals surface area contributed by atoms with Crippen LogP contribution in [0.1, 0.15) is 27.2 Å². The summed E-state index contributed by atoms with van der Waals surface area (Å²) in [6, 6.07) is 17.7. The molecule has 2 aliphatic rings. The standard InChI is InChI=1S/C30H36N6O3/c1-30(2,3)28(38)36-17-15-35(16-18-36)25-10-8-24(9-11-25)33-29-31-14-12-26(34-29)21-4-6-23(7-5-21)32-27(37)22-13-19-39-20-22/h4-12,14,22H,13,15-20H2,1-3H3,(H,32,37)(H,31,33,34). The summed E-state index contributed by atoms with van der Waals surface area (Å²) in [6.07, 6.45) is 2.49. The average molecular weight is 529 g/mol. The first-order chi connectivity index (χ1) is 18.8. The van der Waals surface area contributed by atoms with E-state index in [1.54, 1.807) is 6.20 Å². The summed E-state index contributed by atoms with van der Waals surface area (Å²) in [5.74, 6) is 0.635. The molecule has 39 heavy (non-hydrogen) atoms. The molecule has 1 unspecified atom stereocenters. The first kappa shape index (κ1) is 26.6. The van der Waals surface area contributed by atoms with E-state index in [4.69, 9.17) is 4.74 Å². The van der Waals surface area contributed by atoms with Crippen molar-refractivity contribution >= 4 is 34.8 Å². The van der Waals surface area contributed by atoms with E-state index >= 15 is 0 Å². The van der Waals surface area contributed by atoms with E-state index in [0.717, 1.165) is 60.9 Å². The van der Waals surface area contributed by atoms with Crippen molar-refractivity contribution in [3.05, 3.63) is 60.8 Å². The van der Waals surface area contributed by atoms with Gasteiger partial charge >= 0.3 is 0 Å². The molecule has 0 saturated carbocycles. The predicted octanol–water partition coefficient (Wildman–Crippen LogP) is 4.56. The summed E-state index contributed by atoms with van der Waals surface area (Å²) in [4.78, 5) is 38.2. The van der Waals surface area contributed by atoms with Crippen LogP contribution in [0.5, 0.6) is 0 Å². The van der Waals surface area contributed by atoms with Crippen LogP contribution in [-0.4, -0.2) is 66.1 Å². The lowest BCUT2D eigenvalue weighted by molar-refractivity contribution is -0.139. The van der Waals surface area contributed by atoms with Crippen LogP contribution >= 0.6 is 0 Å². The number of aromatic nitrogens is 2. The number of carbonyl (C=O) groups is 2. The van der Waals surface area contributed by atoms with Gasteiger partial charge in [-0.15, -0.1) is 0 Å². The molecule has 5 rings (SSSR count). The fourth-order valence-corrected chi connectivity index (χ4v) is 4.82. The van der Waals surface area contributed by atoms with E-state index in [9.17, 15) is 9.59 Å². The molecule has 2 amide bonds. The van der Waals surface area contributed by atoms with Gasteiger partial charge in [0.25, 0.3) is 0 Å². The number of piperazine rings is 1. The minimum Gasteiger partial charge on any atom is -0.381 e. The summed E-state index contributed by atoms with van der Waals surface area (Å²) in [7, 11) is 0. The molecular weight excluding hydrogens is 492 g/mol. The van der Waals surface area contributed by atoms with Gasteiger partial charge in [0, 0.05) is 67.0 Å². The maximum absolute atomic E-state index is 12.6. The van der Waals surface area contributed by atoms with Gasteiger partial charge < -0.3 is 25.2 Å². The molecule has 0 aliphatic carbocycles. The molecule has 2 N–H and O–H groups in total. The molecule has 3 aromatic rings. The first-order valence-electron chi connectivity index (χ1n) is 13.5. The van der Waals surface area contributed by atoms with Gasteiger partial charge in [0.15, 0.2) is 0 Å². The molecule has 9 nitrogen and oxygen atoms in total. The maximum Gasteiger partial charge on any atom is 0.229 e. The Morgan fingerprint density at radius 2 is 1.62 bits per heavy atom. The number of hydrogen-bond acceptors (Lipinski definition) is 7. The van der Waals surface area contributed by atoms with E-state index in [0.29, 0.717) is 19.2 Å². The average Bonchev–Trinajstić information content (AvgIpc) is 3.49. The van der Waals surface area contributed by atoms with Crippen molar-refractivity contribution in [1.29, 1.82) is 0 Å². The molecule has 1 aromatic heterocycles. The molecule has 2 aromatic carbocycles. The largest absolute Gasteiger partial charge is 0.381 e. The predicted molar refractivity (Wildman–Crippen MR) is 153 cm³/mol. The molecule has 0 spiro atoms. The second kappa shape index (κ2) is 11.4. The third-order valence-corrected chi connectivity index (χ3v) is 7.10. The number of amides is 2. The highest BCUT2D eigenvalue weighted by atomic mass is 16.5. The van der Waals surface area contributed by atoms with Gasteiger partial charge in [-0.2, -0.15) is 0 Å². The van der Waals surface area contributed by atoms with Crippen molar-refractivity contribution in [2.45, 2.75) is 27.2 Å². The lowest BCUT2D eigenvalue weighted by atomic mass is 9.94. The van der Waals surface area contributed by atoms with Gasteiger partial charge in [0.05, 0.1) is 18.2 Å². The van der Waals surface area contributed by atoms with Crippen molar-refractivity contribution in [2.75, 3.05) is 54.9 Å². The molecule has 2 fully saturated rings. The second-order valence-corrected chi connectivity index (χ2v) is 11.1. The van der Waals surface area contributed by atoms with Gasteiger partial charge in [-0.05, 0) is 48.9 Å². The molecule has 3 heterocycles. The Hall–Kier alpha value is -3.98. The summed E-state index contributed by atoms with van der Waals surface area (Å²) in [5, 5.41) is 6.25. The van der Waals surface area contributed by atoms with Crippen molar-refractivity contribution in [1.82, 2.24) is 14.9 Å². The highest BCUT2D eigenvalue weighted by Gasteiger charge is 2.29. The summed E-state index contributed by atoms with van der Waals surface area (Å²) in [6.45, 7) is 10.1. The van der Waals surface area contributed by atoms with E-state index < -0.39 is 0 Å². The van der Waals surface area contributed by atoms with E-state index in [1.165, 1.54) is 0 Å². The molecule has 9 heteroatoms. The lowest BCUT2D eigenvalue weighted by Gasteiger charge is -2.38. The third kappa shape index (κ3) is 6.54. The van der Waals surface area contributed by atoms with Gasteiger partial charge in [0.1, 0.15) is 0 Å². The van der Waals surface area contributed by atoms with Crippen LogP contribution in [0, 0.1) is 11.3 Å². The molecule has 0 bridgehead atoms. The molecule has 0 radical (unpaired) electrons. The fourth-order valence-electron chi connectivity index (χ4n) is 4.82. The zero-order valence-corrected chi connectivity index (χ0v) is 22.8. The summed E-state index contributed by atoms with van der Waals surface area (Å²) >= 11 is 0. The zero-order chi connectivity index (χ0) is 27.4. The van der Waals surface area contributed by atoms with Crippen LogP contribution in [-0.2, 0) is 14.3 Å². The smallest absolute Gasteiger partial charge is 0.229 e. The number of ether oxygens (including phenoxy) is 1. The van der Waals surface area contributed by atoms with Crippen molar-refractivity contribution in [2.24, 2.45) is 11.3 Å². The van der Waals surface area contributed by atoms with Crippen molar-refractivity contribution in [3.63, 3.8) is 0 Å². The third-order valence-electron chi connectivity index (χ3n) is 7.10. The number of nitrogens with one attached hydrogen (secondary N) is 2. The number of hydrogen-bond donors (Lipinski definition) is 2. The Labute approximate surface area is 229 Å². The maximum atomic E-state index is 12.6. The van der Waals surface area contributed by atoms with Crippen LogP contribution < -0.4 is 15.5 Å². The van der Waals surface area contributed by atoms with Crippen LogP contribution in [0.4, 0.5) is 23.0 Å². The van der Waals surface area contributed by atoms with Gasteiger partial charge in [-0.3, -0.25) is 9.59 Å². The Morgan fingerprint density at radius 1 is 0.923 bits per heavy atom. The number of nitrogens with zero attached hydrogens (tertiary/aromatic N) is 4. The van der Waals surface area contributed by atoms with Crippen molar-refractivity contribution < 1.29 is 14.3 Å². The van der Waals surface area contributed by atoms with Gasteiger partial charge in [-0.25, -0.2) is 9.97 Å². The molecule has 204 valence electrons. The highest BCUT2D eigenvalue weighted by molar-refractivity contribution is 5.93. The first-order valence-corrected chi connectivity index (χ1v) is 13.5. The summed E-state index contributed by atoms with van der Waals surface area (Å²) in [5.41, 5.74) is 4.15. The normalized spacial score (nSPS) is 17.7. The number of benzene rings is 2. The van der Waals surface area contributed by atoms with Crippen LogP contribution in [0.15, 0.2) is 60.8 Å². The monoisotopic (exact) mass is 528 g/mol. The van der Waals surface area contributed by atoms with E-state index in [1.807, 2.05) is 68.1 Å². The molecule has 2 saturated heterocycles. The minimum atomic E-state index is -0.346. The number of carbonyl (C=O) groups excluding carboxylic acids is 2. The summed E-state index contributed by atoms with van der Waals surface area (Å²) < 4.78 is 5.31. The highest BCUT2D eigenvalue weighted by Crippen LogP contribution is 2.25. The van der Waals surface area contributed by atoms with Crippen molar-refractivity contribution in [3.8, 4) is 11.3 Å². The Balaban J connectivity index is 1.17. The SMILES string of the molecule is CC(C)(C)C(=O)N1CCN(c2ccc(Nc3nccc(-c4ccc(NC(=O)C5CCOC5)cc4)n3)cc2)CC1. The van der Waals surface area contributed by atoms with E-state index in [2.05, 4.69) is 37.6 Å². The Kier molecular flexibility index (Phi) is 7.79. The minimum absolute atomic E-state index is 0.00214. The lowest BCUT2D eigenvalue weighted by Crippen LogP contribution is -2.51. The van der Waals surface area contributed by atoms with Gasteiger partial charge in [-0.1, -0.05) is 32.9 Å². The Bertz CT molecular complexity index is 1290. The Morgan fingerprint density at radius 3 is 2.26 bits per heavy atom. The molecular formula is C30H36N6O3. The fraction of sp³-hybridized carbons (Fsp3) is 0.400. The zero-order valence-electron chi connectivity index (χ0n) is 22.8. The van der Waals surface area contributed by atoms with Crippen LogP contribution in [0.2, 0.25) is 0 Å². The second-order valence-electron chi connectivity index (χ2n) is 11.1. The number of rotatable bonds is 6. The quantitative estimate of drug-likeness (QED) is 0.484. The molecule has 1 atom stereocenters. The van der Waals surface area contributed by atoms with Crippen LogP contribution in [0.3, 0.4) is 0 Å². The van der Waals surface area contributed by atoms with E-state index in [-0.39, 0.29) is 23.1 Å². The topological polar surface area (TPSA) is 99.7 Å². The molecule has 2 aliphatic heterocycles. The number of anilines is 4.